The lowest BCUT2D eigenvalue weighted by Gasteiger charge is -2.45. The number of hydrogen-bond acceptors (Lipinski definition) is 4. The van der Waals surface area contributed by atoms with Gasteiger partial charge in [-0.1, -0.05) is 109 Å². The number of nitrogens with one attached hydrogen (secondary N) is 1. The van der Waals surface area contributed by atoms with Crippen LogP contribution in [-0.2, 0) is 18.8 Å². The van der Waals surface area contributed by atoms with Crippen LogP contribution in [0.2, 0.25) is 5.04 Å². The first kappa shape index (κ1) is 31.2. The molecule has 0 fully saturated rings. The third kappa shape index (κ3) is 6.72. The molecule has 2 N–H and O–H groups in total. The van der Waals surface area contributed by atoms with Crippen molar-refractivity contribution in [1.29, 1.82) is 0 Å². The topological polar surface area (TPSA) is 95.9 Å². The number of rotatable bonds is 11. The second-order valence-electron chi connectivity index (χ2n) is 11.6. The number of nitrogens with zero attached hydrogens (tertiary/aromatic N) is 1. The zero-order valence-electron chi connectivity index (χ0n) is 24.2. The van der Waals surface area contributed by atoms with Gasteiger partial charge in [-0.15, -0.1) is 0 Å². The zero-order valence-corrected chi connectivity index (χ0v) is 25.2. The number of carbonyl (C=O) groups excluding carboxylic acids is 2. The van der Waals surface area contributed by atoms with Crippen molar-refractivity contribution in [2.45, 2.75) is 78.6 Å². The average molecular weight is 541 g/mol. The Hall–Kier alpha value is -2.97. The lowest BCUT2D eigenvalue weighted by Crippen LogP contribution is -2.69. The highest BCUT2D eigenvalue weighted by molar-refractivity contribution is 6.99. The van der Waals surface area contributed by atoms with E-state index >= 15 is 0 Å². The SMILES string of the molecule is CC(C)C(=O)N(C)[C@H](C(=O)N[C@H](C(=O)O)[C@H](C)O[Si](c1ccccc1)(c1ccccc1)C(C)(C)C)C(C)C. The Kier molecular flexibility index (Phi) is 10.5. The highest BCUT2D eigenvalue weighted by atomic mass is 28.4. The molecule has 0 spiro atoms. The van der Waals surface area contributed by atoms with Gasteiger partial charge >= 0.3 is 5.97 Å². The fourth-order valence-electron chi connectivity index (χ4n) is 5.13. The molecule has 2 aromatic rings. The third-order valence-electron chi connectivity index (χ3n) is 6.97. The smallest absolute Gasteiger partial charge is 0.328 e. The number of aliphatic carboxylic acids is 1. The van der Waals surface area contributed by atoms with Crippen LogP contribution in [0.15, 0.2) is 60.7 Å². The summed E-state index contributed by atoms with van der Waals surface area (Å²) < 4.78 is 6.95. The van der Waals surface area contributed by atoms with E-state index in [2.05, 4.69) is 26.1 Å². The molecule has 0 aliphatic carbocycles. The molecule has 0 saturated heterocycles. The number of carboxylic acid groups (broad SMARTS) is 1. The Labute approximate surface area is 228 Å². The summed E-state index contributed by atoms with van der Waals surface area (Å²) >= 11 is 0. The molecule has 0 saturated carbocycles. The van der Waals surface area contributed by atoms with Crippen molar-refractivity contribution >= 4 is 36.5 Å². The summed E-state index contributed by atoms with van der Waals surface area (Å²) in [6.45, 7) is 15.3. The van der Waals surface area contributed by atoms with Crippen LogP contribution in [0.5, 0.6) is 0 Å². The number of carbonyl (C=O) groups is 3. The molecule has 8 heteroatoms. The number of benzene rings is 2. The van der Waals surface area contributed by atoms with E-state index < -0.39 is 38.4 Å². The predicted octanol–water partition coefficient (Wildman–Crippen LogP) is 3.66. The first-order chi connectivity index (χ1) is 17.6. The maximum Gasteiger partial charge on any atom is 0.328 e. The maximum absolute atomic E-state index is 13.5. The minimum absolute atomic E-state index is 0.178. The molecule has 0 heterocycles. The van der Waals surface area contributed by atoms with E-state index in [1.807, 2.05) is 74.5 Å². The Morgan fingerprint density at radius 1 is 0.868 bits per heavy atom. The summed E-state index contributed by atoms with van der Waals surface area (Å²) in [6.07, 6.45) is -0.860. The van der Waals surface area contributed by atoms with E-state index in [1.54, 1.807) is 27.8 Å². The molecule has 7 nitrogen and oxygen atoms in total. The van der Waals surface area contributed by atoms with Crippen molar-refractivity contribution in [3.8, 4) is 0 Å². The van der Waals surface area contributed by atoms with E-state index in [9.17, 15) is 19.5 Å². The molecule has 2 aromatic carbocycles. The third-order valence-corrected chi connectivity index (χ3v) is 12.1. The Morgan fingerprint density at radius 3 is 1.66 bits per heavy atom. The summed E-state index contributed by atoms with van der Waals surface area (Å²) in [5.74, 6) is -2.39. The van der Waals surface area contributed by atoms with E-state index in [0.29, 0.717) is 0 Å². The van der Waals surface area contributed by atoms with E-state index in [-0.39, 0.29) is 22.8 Å². The molecule has 2 rings (SSSR count). The van der Waals surface area contributed by atoms with Crippen LogP contribution in [0.3, 0.4) is 0 Å². The molecule has 0 aliphatic heterocycles. The predicted molar refractivity (Wildman–Crippen MR) is 154 cm³/mol. The van der Waals surface area contributed by atoms with Crippen molar-refractivity contribution in [2.75, 3.05) is 7.05 Å². The van der Waals surface area contributed by atoms with Crippen LogP contribution in [0.25, 0.3) is 0 Å². The maximum atomic E-state index is 13.5. The lowest BCUT2D eigenvalue weighted by atomic mass is 9.99. The monoisotopic (exact) mass is 540 g/mol. The summed E-state index contributed by atoms with van der Waals surface area (Å²) in [5, 5.41) is 14.6. The summed E-state index contributed by atoms with van der Waals surface area (Å²) in [7, 11) is -1.47. The molecular weight excluding hydrogens is 496 g/mol. The van der Waals surface area contributed by atoms with Gasteiger partial charge in [0.25, 0.3) is 8.32 Å². The van der Waals surface area contributed by atoms with Crippen molar-refractivity contribution in [3.05, 3.63) is 60.7 Å². The molecular formula is C30H44N2O5Si. The first-order valence-corrected chi connectivity index (χ1v) is 15.1. The van der Waals surface area contributed by atoms with Gasteiger partial charge < -0.3 is 19.7 Å². The fourth-order valence-corrected chi connectivity index (χ4v) is 9.84. The van der Waals surface area contributed by atoms with Crippen LogP contribution in [0.4, 0.5) is 0 Å². The number of hydrogen-bond donors (Lipinski definition) is 2. The van der Waals surface area contributed by atoms with Gasteiger partial charge in [0.05, 0.1) is 6.10 Å². The van der Waals surface area contributed by atoms with E-state index in [4.69, 9.17) is 4.43 Å². The van der Waals surface area contributed by atoms with E-state index in [0.717, 1.165) is 10.4 Å². The highest BCUT2D eigenvalue weighted by Crippen LogP contribution is 2.37. The van der Waals surface area contributed by atoms with Gasteiger partial charge in [0.2, 0.25) is 11.8 Å². The zero-order chi connectivity index (χ0) is 28.8. The van der Waals surface area contributed by atoms with Gasteiger partial charge in [0, 0.05) is 13.0 Å². The Balaban J connectivity index is 2.53. The highest BCUT2D eigenvalue weighted by Gasteiger charge is 2.52. The Bertz CT molecular complexity index is 1040. The molecule has 0 aromatic heterocycles. The molecule has 208 valence electrons. The minimum Gasteiger partial charge on any atom is -0.480 e. The van der Waals surface area contributed by atoms with Crippen molar-refractivity contribution in [2.24, 2.45) is 11.8 Å². The quantitative estimate of drug-likeness (QED) is 0.424. The van der Waals surface area contributed by atoms with Gasteiger partial charge in [0.15, 0.2) is 6.04 Å². The molecule has 3 atom stereocenters. The summed E-state index contributed by atoms with van der Waals surface area (Å²) in [5.41, 5.74) is 0. The average Bonchev–Trinajstić information content (AvgIpc) is 2.85. The van der Waals surface area contributed by atoms with Crippen LogP contribution in [-0.4, -0.2) is 61.3 Å². The van der Waals surface area contributed by atoms with Crippen LogP contribution in [0, 0.1) is 11.8 Å². The summed E-state index contributed by atoms with van der Waals surface area (Å²) in [6, 6.07) is 17.8. The number of carboxylic acids is 1. The Morgan fingerprint density at radius 2 is 1.32 bits per heavy atom. The second-order valence-corrected chi connectivity index (χ2v) is 15.9. The van der Waals surface area contributed by atoms with Crippen molar-refractivity contribution in [1.82, 2.24) is 10.2 Å². The van der Waals surface area contributed by atoms with Gasteiger partial charge in [0.1, 0.15) is 6.04 Å². The molecule has 2 amide bonds. The largest absolute Gasteiger partial charge is 0.480 e. The molecule has 38 heavy (non-hydrogen) atoms. The van der Waals surface area contributed by atoms with Crippen LogP contribution < -0.4 is 15.7 Å². The normalized spacial score (nSPS) is 14.6. The van der Waals surface area contributed by atoms with Gasteiger partial charge in [-0.05, 0) is 28.3 Å². The lowest BCUT2D eigenvalue weighted by molar-refractivity contribution is -0.147. The minimum atomic E-state index is -3.05. The fraction of sp³-hybridized carbons (Fsp3) is 0.500. The van der Waals surface area contributed by atoms with Crippen LogP contribution >= 0.6 is 0 Å². The van der Waals surface area contributed by atoms with Crippen molar-refractivity contribution < 1.29 is 23.9 Å². The molecule has 0 unspecified atom stereocenters. The van der Waals surface area contributed by atoms with Gasteiger partial charge in [-0.2, -0.15) is 0 Å². The van der Waals surface area contributed by atoms with Gasteiger partial charge in [-0.3, -0.25) is 9.59 Å². The van der Waals surface area contributed by atoms with Gasteiger partial charge in [-0.25, -0.2) is 4.79 Å². The number of likely N-dealkylation sites (N-methyl/N-ethyl adjacent to an activating group) is 1. The number of amides is 2. The van der Waals surface area contributed by atoms with Crippen LogP contribution in [0.1, 0.15) is 55.4 Å². The van der Waals surface area contributed by atoms with Crippen molar-refractivity contribution in [3.63, 3.8) is 0 Å². The first-order valence-electron chi connectivity index (χ1n) is 13.2. The molecule has 0 aliphatic rings. The molecule has 0 radical (unpaired) electrons. The standard InChI is InChI=1S/C30H44N2O5Si/c1-20(2)26(32(9)28(34)21(3)4)27(33)31-25(29(35)36)22(5)37-38(30(6,7)8,23-16-12-10-13-17-23)24-18-14-11-15-19-24/h10-22,25-26H,1-9H3,(H,31,33)(H,35,36)/t22-,25-,26-/m0/s1. The summed E-state index contributed by atoms with van der Waals surface area (Å²) in [4.78, 5) is 40.1. The van der Waals surface area contributed by atoms with E-state index in [1.165, 1.54) is 4.90 Å². The molecule has 0 bridgehead atoms. The second kappa shape index (κ2) is 12.7.